The number of sulfonamides is 1. The number of hydrogen-bond acceptors (Lipinski definition) is 5. The van der Waals surface area contributed by atoms with Gasteiger partial charge in [0.1, 0.15) is 5.76 Å². The molecule has 34 heavy (non-hydrogen) atoms. The van der Waals surface area contributed by atoms with Crippen LogP contribution in [0.2, 0.25) is 0 Å². The third kappa shape index (κ3) is 5.51. The molecule has 1 aromatic heterocycles. The van der Waals surface area contributed by atoms with E-state index in [0.29, 0.717) is 17.8 Å². The topological polar surface area (TPSA) is 91.6 Å². The molecule has 1 saturated heterocycles. The van der Waals surface area contributed by atoms with Gasteiger partial charge < -0.3 is 9.73 Å². The fourth-order valence-electron chi connectivity index (χ4n) is 4.26. The van der Waals surface area contributed by atoms with Crippen molar-refractivity contribution in [1.29, 1.82) is 0 Å². The second-order valence-corrected chi connectivity index (χ2v) is 10.4. The van der Waals surface area contributed by atoms with E-state index in [1.165, 1.54) is 30.7 Å². The Morgan fingerprint density at radius 2 is 1.74 bits per heavy atom. The summed E-state index contributed by atoms with van der Waals surface area (Å²) in [5.41, 5.74) is 2.83. The van der Waals surface area contributed by atoms with Gasteiger partial charge in [-0.1, -0.05) is 18.6 Å². The molecule has 7 nitrogen and oxygen atoms in total. The fourth-order valence-corrected chi connectivity index (χ4v) is 5.39. The lowest BCUT2D eigenvalue weighted by molar-refractivity contribution is 0.0914. The zero-order chi connectivity index (χ0) is 24.1. The molecule has 0 bridgehead atoms. The standard InChI is InChI=1S/C26H31N3O4S/c1-19-8-6-9-23(20(19)2)28-34(31,32)22-13-11-21(12-14-22)26(30)27-18-24(25-10-7-17-33-25)29-15-4-3-5-16-29/h6-14,17,24,28H,3-5,15-16,18H2,1-2H3,(H,27,30)/t24-/m1/s1. The zero-order valence-corrected chi connectivity index (χ0v) is 20.4. The van der Waals surface area contributed by atoms with E-state index in [2.05, 4.69) is 14.9 Å². The number of carbonyl (C=O) groups is 1. The number of hydrogen-bond donors (Lipinski definition) is 2. The highest BCUT2D eigenvalue weighted by atomic mass is 32.2. The molecule has 2 aromatic carbocycles. The van der Waals surface area contributed by atoms with Gasteiger partial charge in [-0.15, -0.1) is 0 Å². The number of furan rings is 1. The molecule has 0 spiro atoms. The van der Waals surface area contributed by atoms with Gasteiger partial charge in [-0.3, -0.25) is 14.4 Å². The van der Waals surface area contributed by atoms with E-state index in [9.17, 15) is 13.2 Å². The van der Waals surface area contributed by atoms with Crippen molar-refractivity contribution < 1.29 is 17.6 Å². The van der Waals surface area contributed by atoms with Crippen molar-refractivity contribution in [2.45, 2.75) is 44.0 Å². The number of piperidine rings is 1. The number of nitrogens with zero attached hydrogens (tertiary/aromatic N) is 1. The molecule has 1 atom stereocenters. The molecule has 4 rings (SSSR count). The Morgan fingerprint density at radius 3 is 2.41 bits per heavy atom. The Kier molecular flexibility index (Phi) is 7.38. The summed E-state index contributed by atoms with van der Waals surface area (Å²) in [6.07, 6.45) is 5.15. The van der Waals surface area contributed by atoms with E-state index < -0.39 is 10.0 Å². The van der Waals surface area contributed by atoms with Gasteiger partial charge in [-0.05, 0) is 93.4 Å². The molecule has 0 aliphatic carbocycles. The van der Waals surface area contributed by atoms with Crippen LogP contribution in [0, 0.1) is 13.8 Å². The average Bonchev–Trinajstić information content (AvgIpc) is 3.37. The molecule has 1 fully saturated rings. The van der Waals surface area contributed by atoms with Gasteiger partial charge in [0.05, 0.1) is 22.9 Å². The van der Waals surface area contributed by atoms with E-state index in [4.69, 9.17) is 4.42 Å². The number of rotatable bonds is 8. The monoisotopic (exact) mass is 481 g/mol. The second-order valence-electron chi connectivity index (χ2n) is 8.72. The zero-order valence-electron chi connectivity index (χ0n) is 19.6. The first-order valence-electron chi connectivity index (χ1n) is 11.6. The van der Waals surface area contributed by atoms with Crippen LogP contribution in [0.15, 0.2) is 70.2 Å². The molecule has 8 heteroatoms. The van der Waals surface area contributed by atoms with Crippen LogP contribution in [0.4, 0.5) is 5.69 Å². The maximum atomic E-state index is 12.8. The number of carbonyl (C=O) groups excluding carboxylic acids is 1. The van der Waals surface area contributed by atoms with Gasteiger partial charge in [0.15, 0.2) is 0 Å². The first kappa shape index (κ1) is 24.0. The third-order valence-electron chi connectivity index (χ3n) is 6.43. The van der Waals surface area contributed by atoms with Crippen molar-refractivity contribution in [3.8, 4) is 0 Å². The molecule has 1 aliphatic heterocycles. The largest absolute Gasteiger partial charge is 0.468 e. The molecule has 0 saturated carbocycles. The van der Waals surface area contributed by atoms with E-state index in [0.717, 1.165) is 42.8 Å². The summed E-state index contributed by atoms with van der Waals surface area (Å²) >= 11 is 0. The molecule has 180 valence electrons. The molecular weight excluding hydrogens is 450 g/mol. The number of aryl methyl sites for hydroxylation is 1. The van der Waals surface area contributed by atoms with Gasteiger partial charge in [0, 0.05) is 12.1 Å². The van der Waals surface area contributed by atoms with Crippen LogP contribution >= 0.6 is 0 Å². The number of nitrogens with one attached hydrogen (secondary N) is 2. The Balaban J connectivity index is 1.42. The van der Waals surface area contributed by atoms with Crippen LogP contribution in [-0.2, 0) is 10.0 Å². The van der Waals surface area contributed by atoms with Crippen LogP contribution in [0.25, 0.3) is 0 Å². The molecule has 0 unspecified atom stereocenters. The molecule has 1 aliphatic rings. The minimum Gasteiger partial charge on any atom is -0.468 e. The summed E-state index contributed by atoms with van der Waals surface area (Å²) in [5, 5.41) is 2.99. The summed E-state index contributed by atoms with van der Waals surface area (Å²) in [4.78, 5) is 15.3. The average molecular weight is 482 g/mol. The molecule has 0 radical (unpaired) electrons. The van der Waals surface area contributed by atoms with E-state index >= 15 is 0 Å². The van der Waals surface area contributed by atoms with Gasteiger partial charge in [-0.25, -0.2) is 8.42 Å². The quantitative estimate of drug-likeness (QED) is 0.489. The van der Waals surface area contributed by atoms with Crippen molar-refractivity contribution >= 4 is 21.6 Å². The van der Waals surface area contributed by atoms with Gasteiger partial charge in [0.2, 0.25) is 0 Å². The minimum atomic E-state index is -3.77. The summed E-state index contributed by atoms with van der Waals surface area (Å²) < 4.78 is 34.0. The second kappa shape index (κ2) is 10.4. The Bertz CT molecular complexity index is 1220. The molecular formula is C26H31N3O4S. The van der Waals surface area contributed by atoms with Gasteiger partial charge in [-0.2, -0.15) is 0 Å². The number of anilines is 1. The Morgan fingerprint density at radius 1 is 1.00 bits per heavy atom. The summed E-state index contributed by atoms with van der Waals surface area (Å²) in [6, 6.07) is 15.2. The van der Waals surface area contributed by atoms with Crippen LogP contribution in [0.3, 0.4) is 0 Å². The lowest BCUT2D eigenvalue weighted by Crippen LogP contribution is -2.40. The highest BCUT2D eigenvalue weighted by Crippen LogP contribution is 2.25. The Hall–Kier alpha value is -3.10. The minimum absolute atomic E-state index is 0.0272. The highest BCUT2D eigenvalue weighted by Gasteiger charge is 2.25. The lowest BCUT2D eigenvalue weighted by Gasteiger charge is -2.33. The first-order valence-corrected chi connectivity index (χ1v) is 13.1. The van der Waals surface area contributed by atoms with Crippen molar-refractivity contribution in [2.24, 2.45) is 0 Å². The van der Waals surface area contributed by atoms with Gasteiger partial charge >= 0.3 is 0 Å². The van der Waals surface area contributed by atoms with E-state index in [1.54, 1.807) is 12.3 Å². The van der Waals surface area contributed by atoms with Crippen LogP contribution in [0.1, 0.15) is 52.5 Å². The fraction of sp³-hybridized carbons (Fsp3) is 0.346. The normalized spacial score (nSPS) is 15.6. The molecule has 2 heterocycles. The summed E-state index contributed by atoms with van der Waals surface area (Å²) in [6.45, 7) is 6.17. The summed E-state index contributed by atoms with van der Waals surface area (Å²) in [5.74, 6) is 0.584. The third-order valence-corrected chi connectivity index (χ3v) is 7.82. The lowest BCUT2D eigenvalue weighted by atomic mass is 10.1. The number of amides is 1. The predicted molar refractivity (Wildman–Crippen MR) is 132 cm³/mol. The first-order chi connectivity index (χ1) is 16.3. The van der Waals surface area contributed by atoms with Crippen molar-refractivity contribution in [1.82, 2.24) is 10.2 Å². The molecule has 1 amide bonds. The predicted octanol–water partition coefficient (Wildman–Crippen LogP) is 4.65. The van der Waals surface area contributed by atoms with Crippen molar-refractivity contribution in [3.05, 3.63) is 83.3 Å². The molecule has 2 N–H and O–H groups in total. The SMILES string of the molecule is Cc1cccc(NS(=O)(=O)c2ccc(C(=O)NC[C@H](c3ccco3)N3CCCCC3)cc2)c1C. The number of likely N-dealkylation sites (tertiary alicyclic amines) is 1. The van der Waals surface area contributed by atoms with Crippen molar-refractivity contribution in [2.75, 3.05) is 24.4 Å². The highest BCUT2D eigenvalue weighted by molar-refractivity contribution is 7.92. The smallest absolute Gasteiger partial charge is 0.261 e. The maximum Gasteiger partial charge on any atom is 0.261 e. The van der Waals surface area contributed by atoms with E-state index in [-0.39, 0.29) is 16.8 Å². The van der Waals surface area contributed by atoms with Gasteiger partial charge in [0.25, 0.3) is 15.9 Å². The van der Waals surface area contributed by atoms with Crippen molar-refractivity contribution in [3.63, 3.8) is 0 Å². The number of benzene rings is 2. The maximum absolute atomic E-state index is 12.8. The molecule has 3 aromatic rings. The van der Waals surface area contributed by atoms with E-state index in [1.807, 2.05) is 38.1 Å². The van der Waals surface area contributed by atoms with Crippen LogP contribution < -0.4 is 10.0 Å². The van der Waals surface area contributed by atoms with Crippen LogP contribution in [0.5, 0.6) is 0 Å². The van der Waals surface area contributed by atoms with Crippen LogP contribution in [-0.4, -0.2) is 38.9 Å². The summed E-state index contributed by atoms with van der Waals surface area (Å²) in [7, 11) is -3.77. The Labute approximate surface area is 201 Å².